The Labute approximate surface area is 162 Å². The topological polar surface area (TPSA) is 39.3 Å². The van der Waals surface area contributed by atoms with Crippen LogP contribution in [0.15, 0.2) is 30.5 Å². The molecule has 2 saturated heterocycles. The maximum absolute atomic E-state index is 12.7. The SMILES string of the molecule is CN(C[C@H]1CCCN2CCCC[C@@H]12)C(=O)CCCc1c[nH]c2ccccc12. The lowest BCUT2D eigenvalue weighted by Gasteiger charge is -2.45. The molecule has 4 rings (SSSR count). The van der Waals surface area contributed by atoms with Gasteiger partial charge < -0.3 is 14.8 Å². The molecule has 1 N–H and O–H groups in total. The summed E-state index contributed by atoms with van der Waals surface area (Å²) in [4.78, 5) is 20.7. The molecule has 0 unspecified atom stereocenters. The van der Waals surface area contributed by atoms with E-state index in [0.717, 1.165) is 19.4 Å². The highest BCUT2D eigenvalue weighted by Crippen LogP contribution is 2.31. The van der Waals surface area contributed by atoms with Crippen LogP contribution in [0.3, 0.4) is 0 Å². The molecule has 2 aliphatic heterocycles. The molecular weight excluding hydrogens is 334 g/mol. The zero-order valence-electron chi connectivity index (χ0n) is 16.6. The van der Waals surface area contributed by atoms with Gasteiger partial charge in [-0.2, -0.15) is 0 Å². The molecule has 0 aliphatic carbocycles. The minimum absolute atomic E-state index is 0.308. The maximum Gasteiger partial charge on any atom is 0.222 e. The lowest BCUT2D eigenvalue weighted by Crippen LogP contribution is -2.51. The number of hydrogen-bond donors (Lipinski definition) is 1. The molecule has 1 amide bonds. The summed E-state index contributed by atoms with van der Waals surface area (Å²) in [6, 6.07) is 9.12. The molecule has 4 nitrogen and oxygen atoms in total. The van der Waals surface area contributed by atoms with E-state index in [1.165, 1.54) is 61.7 Å². The second kappa shape index (κ2) is 8.47. The van der Waals surface area contributed by atoms with Gasteiger partial charge in [0, 0.05) is 43.2 Å². The number of aromatic amines is 1. The molecule has 0 radical (unpaired) electrons. The van der Waals surface area contributed by atoms with Gasteiger partial charge in [0.15, 0.2) is 0 Å². The Morgan fingerprint density at radius 3 is 2.96 bits per heavy atom. The Morgan fingerprint density at radius 1 is 1.19 bits per heavy atom. The van der Waals surface area contributed by atoms with Gasteiger partial charge >= 0.3 is 0 Å². The van der Waals surface area contributed by atoms with Gasteiger partial charge in [-0.15, -0.1) is 0 Å². The molecule has 3 heterocycles. The quantitative estimate of drug-likeness (QED) is 0.830. The van der Waals surface area contributed by atoms with Crippen molar-refractivity contribution in [3.8, 4) is 0 Å². The van der Waals surface area contributed by atoms with Crippen LogP contribution in [0.4, 0.5) is 0 Å². The van der Waals surface area contributed by atoms with Crippen molar-refractivity contribution in [1.29, 1.82) is 0 Å². The molecule has 0 saturated carbocycles. The molecule has 2 aromatic rings. The molecule has 2 fully saturated rings. The fraction of sp³-hybridized carbons (Fsp3) is 0.609. The number of fused-ring (bicyclic) bond motifs is 2. The van der Waals surface area contributed by atoms with Crippen molar-refractivity contribution in [2.45, 2.75) is 57.4 Å². The number of benzene rings is 1. The smallest absolute Gasteiger partial charge is 0.222 e. The fourth-order valence-corrected chi connectivity index (χ4v) is 5.20. The number of hydrogen-bond acceptors (Lipinski definition) is 2. The summed E-state index contributed by atoms with van der Waals surface area (Å²) in [5.41, 5.74) is 2.51. The second-order valence-electron chi connectivity index (χ2n) is 8.49. The highest BCUT2D eigenvalue weighted by molar-refractivity contribution is 5.83. The van der Waals surface area contributed by atoms with E-state index >= 15 is 0 Å². The van der Waals surface area contributed by atoms with Crippen molar-refractivity contribution in [1.82, 2.24) is 14.8 Å². The molecule has 0 spiro atoms. The van der Waals surface area contributed by atoms with Crippen LogP contribution in [0.25, 0.3) is 10.9 Å². The van der Waals surface area contributed by atoms with E-state index in [2.05, 4.69) is 40.3 Å². The summed E-state index contributed by atoms with van der Waals surface area (Å²) in [5.74, 6) is 0.976. The number of carbonyl (C=O) groups excluding carboxylic acids is 1. The van der Waals surface area contributed by atoms with Crippen LogP contribution < -0.4 is 0 Å². The summed E-state index contributed by atoms with van der Waals surface area (Å²) >= 11 is 0. The third kappa shape index (κ3) is 4.21. The maximum atomic E-state index is 12.7. The third-order valence-corrected chi connectivity index (χ3v) is 6.67. The largest absolute Gasteiger partial charge is 0.361 e. The summed E-state index contributed by atoms with van der Waals surface area (Å²) in [6.07, 6.45) is 11.3. The van der Waals surface area contributed by atoms with Crippen LogP contribution in [-0.2, 0) is 11.2 Å². The standard InChI is InChI=1S/C23H33N3O/c1-25(17-19-9-7-15-26-14-5-4-12-22(19)26)23(27)13-6-8-18-16-24-21-11-3-2-10-20(18)21/h2-3,10-11,16,19,22,24H,4-9,12-15,17H2,1H3/t19-,22+/m1/s1. The van der Waals surface area contributed by atoms with Gasteiger partial charge in [-0.25, -0.2) is 0 Å². The average Bonchev–Trinajstić information content (AvgIpc) is 3.11. The van der Waals surface area contributed by atoms with Gasteiger partial charge in [0.1, 0.15) is 0 Å². The minimum Gasteiger partial charge on any atom is -0.361 e. The van der Waals surface area contributed by atoms with Crippen molar-refractivity contribution in [3.05, 3.63) is 36.0 Å². The van der Waals surface area contributed by atoms with Crippen LogP contribution in [0.5, 0.6) is 0 Å². The lowest BCUT2D eigenvalue weighted by molar-refractivity contribution is -0.131. The van der Waals surface area contributed by atoms with Crippen molar-refractivity contribution < 1.29 is 4.79 Å². The Morgan fingerprint density at radius 2 is 2.04 bits per heavy atom. The number of para-hydroxylation sites is 1. The molecule has 1 aromatic carbocycles. The van der Waals surface area contributed by atoms with Gasteiger partial charge in [-0.1, -0.05) is 24.6 Å². The molecule has 1 aromatic heterocycles. The normalized spacial score (nSPS) is 23.3. The predicted molar refractivity (Wildman–Crippen MR) is 111 cm³/mol. The molecule has 4 heteroatoms. The first-order valence-electron chi connectivity index (χ1n) is 10.8. The number of H-pyrrole nitrogens is 1. The molecule has 27 heavy (non-hydrogen) atoms. The Kier molecular flexibility index (Phi) is 5.82. The number of carbonyl (C=O) groups is 1. The van der Waals surface area contributed by atoms with E-state index in [0.29, 0.717) is 24.3 Å². The van der Waals surface area contributed by atoms with Crippen molar-refractivity contribution in [2.24, 2.45) is 5.92 Å². The number of rotatable bonds is 6. The fourth-order valence-electron chi connectivity index (χ4n) is 5.20. The van der Waals surface area contributed by atoms with Gasteiger partial charge in [-0.3, -0.25) is 4.79 Å². The van der Waals surface area contributed by atoms with E-state index in [4.69, 9.17) is 0 Å². The van der Waals surface area contributed by atoms with Crippen molar-refractivity contribution in [2.75, 3.05) is 26.7 Å². The number of nitrogens with one attached hydrogen (secondary N) is 1. The van der Waals surface area contributed by atoms with E-state index in [-0.39, 0.29) is 0 Å². The van der Waals surface area contributed by atoms with Gasteiger partial charge in [0.25, 0.3) is 0 Å². The van der Waals surface area contributed by atoms with E-state index < -0.39 is 0 Å². The van der Waals surface area contributed by atoms with Crippen LogP contribution in [0, 0.1) is 5.92 Å². The molecule has 2 atom stereocenters. The molecule has 146 valence electrons. The van der Waals surface area contributed by atoms with Crippen LogP contribution >= 0.6 is 0 Å². The lowest BCUT2D eigenvalue weighted by atomic mass is 9.83. The Balaban J connectivity index is 1.26. The summed E-state index contributed by atoms with van der Waals surface area (Å²) < 4.78 is 0. The molecular formula is C23H33N3O. The van der Waals surface area contributed by atoms with Gasteiger partial charge in [0.2, 0.25) is 5.91 Å². The molecule has 2 aliphatic rings. The highest BCUT2D eigenvalue weighted by atomic mass is 16.2. The molecule has 0 bridgehead atoms. The predicted octanol–water partition coefficient (Wildman–Crippen LogP) is 4.21. The van der Waals surface area contributed by atoms with Crippen molar-refractivity contribution >= 4 is 16.8 Å². The Hall–Kier alpha value is -1.81. The minimum atomic E-state index is 0.308. The zero-order chi connectivity index (χ0) is 18.6. The zero-order valence-corrected chi connectivity index (χ0v) is 16.6. The van der Waals surface area contributed by atoms with Crippen molar-refractivity contribution in [3.63, 3.8) is 0 Å². The number of nitrogens with zero attached hydrogens (tertiary/aromatic N) is 2. The highest BCUT2D eigenvalue weighted by Gasteiger charge is 2.33. The number of aryl methyl sites for hydroxylation is 1. The number of aromatic nitrogens is 1. The van der Waals surface area contributed by atoms with Gasteiger partial charge in [0.05, 0.1) is 0 Å². The first-order valence-corrected chi connectivity index (χ1v) is 10.8. The summed E-state index contributed by atoms with van der Waals surface area (Å²) in [7, 11) is 2.01. The first-order chi connectivity index (χ1) is 13.2. The third-order valence-electron chi connectivity index (χ3n) is 6.67. The Bertz CT molecular complexity index is 766. The summed E-state index contributed by atoms with van der Waals surface area (Å²) in [6.45, 7) is 3.47. The van der Waals surface area contributed by atoms with E-state index in [1.807, 2.05) is 11.9 Å². The summed E-state index contributed by atoms with van der Waals surface area (Å²) in [5, 5.41) is 1.29. The monoisotopic (exact) mass is 367 g/mol. The van der Waals surface area contributed by atoms with E-state index in [9.17, 15) is 4.79 Å². The second-order valence-corrected chi connectivity index (χ2v) is 8.49. The van der Waals surface area contributed by atoms with Gasteiger partial charge in [-0.05, 0) is 69.2 Å². The van der Waals surface area contributed by atoms with Crippen LogP contribution in [0.1, 0.15) is 50.5 Å². The van der Waals surface area contributed by atoms with Crippen LogP contribution in [-0.4, -0.2) is 53.4 Å². The number of amides is 1. The van der Waals surface area contributed by atoms with Crippen LogP contribution in [0.2, 0.25) is 0 Å². The average molecular weight is 368 g/mol. The first kappa shape index (κ1) is 18.5. The number of piperidine rings is 2. The van der Waals surface area contributed by atoms with E-state index in [1.54, 1.807) is 0 Å².